The average molecular weight is 397 g/mol. The Hall–Kier alpha value is -3.90. The summed E-state index contributed by atoms with van der Waals surface area (Å²) < 4.78 is 0. The first-order valence-electron chi connectivity index (χ1n) is 10.8. The van der Waals surface area contributed by atoms with E-state index >= 15 is 0 Å². The summed E-state index contributed by atoms with van der Waals surface area (Å²) >= 11 is 0. The topological polar surface area (TPSA) is 0 Å². The van der Waals surface area contributed by atoms with Crippen molar-refractivity contribution in [3.05, 3.63) is 145 Å². The summed E-state index contributed by atoms with van der Waals surface area (Å²) in [6.07, 6.45) is 0.893. The van der Waals surface area contributed by atoms with Gasteiger partial charge in [0.05, 0.1) is 0 Å². The summed E-state index contributed by atoms with van der Waals surface area (Å²) in [5.74, 6) is 0. The maximum Gasteiger partial charge on any atom is -0.00134 e. The molecule has 5 aromatic rings. The summed E-state index contributed by atoms with van der Waals surface area (Å²) in [5, 5.41) is 0. The smallest absolute Gasteiger partial charge is 0.00134 e. The highest BCUT2D eigenvalue weighted by molar-refractivity contribution is 5.85. The van der Waals surface area contributed by atoms with Crippen LogP contribution < -0.4 is 0 Å². The molecule has 0 aromatic heterocycles. The molecule has 0 saturated carbocycles. The number of hydrogen-bond donors (Lipinski definition) is 0. The van der Waals surface area contributed by atoms with E-state index in [1.165, 1.54) is 44.5 Å². The lowest BCUT2D eigenvalue weighted by atomic mass is 9.85. The molecule has 0 unspecified atom stereocenters. The van der Waals surface area contributed by atoms with Crippen LogP contribution in [0.4, 0.5) is 0 Å². The fraction of sp³-hybridized carbons (Fsp3) is 0.0323. The normalized spacial score (nSPS) is 10.7. The van der Waals surface area contributed by atoms with Crippen molar-refractivity contribution >= 4 is 0 Å². The molecule has 0 fully saturated rings. The van der Waals surface area contributed by atoms with Gasteiger partial charge >= 0.3 is 0 Å². The third-order valence-corrected chi connectivity index (χ3v) is 5.75. The largest absolute Gasteiger partial charge is 0.0622 e. The first kappa shape index (κ1) is 19.1. The van der Waals surface area contributed by atoms with Gasteiger partial charge in [0.2, 0.25) is 0 Å². The molecule has 0 spiro atoms. The highest BCUT2D eigenvalue weighted by Gasteiger charge is 2.15. The molecule has 0 aliphatic heterocycles. The molecule has 0 heteroatoms. The van der Waals surface area contributed by atoms with Gasteiger partial charge in [0.25, 0.3) is 0 Å². The Bertz CT molecular complexity index is 1190. The van der Waals surface area contributed by atoms with E-state index in [1.807, 2.05) is 0 Å². The lowest BCUT2D eigenvalue weighted by Crippen LogP contribution is -1.98. The molecule has 31 heavy (non-hydrogen) atoms. The molecular weight excluding hydrogens is 372 g/mol. The van der Waals surface area contributed by atoms with Crippen LogP contribution in [0.25, 0.3) is 33.4 Å². The van der Waals surface area contributed by atoms with Gasteiger partial charge in [0.1, 0.15) is 0 Å². The minimum atomic E-state index is 0.893. The van der Waals surface area contributed by atoms with Crippen LogP contribution in [0.5, 0.6) is 0 Å². The third-order valence-electron chi connectivity index (χ3n) is 5.75. The maximum absolute atomic E-state index is 2.36. The van der Waals surface area contributed by atoms with Gasteiger partial charge in [-0.1, -0.05) is 121 Å². The minimum absolute atomic E-state index is 0.893. The highest BCUT2D eigenvalue weighted by atomic mass is 14.2. The quantitative estimate of drug-likeness (QED) is 0.280. The second kappa shape index (κ2) is 8.85. The maximum atomic E-state index is 2.36. The van der Waals surface area contributed by atoms with E-state index in [-0.39, 0.29) is 0 Å². The zero-order valence-electron chi connectivity index (χ0n) is 17.4. The lowest BCUT2D eigenvalue weighted by Gasteiger charge is -2.19. The van der Waals surface area contributed by atoms with Crippen molar-refractivity contribution < 1.29 is 0 Å². The second-order valence-corrected chi connectivity index (χ2v) is 7.81. The van der Waals surface area contributed by atoms with Crippen LogP contribution in [0.2, 0.25) is 0 Å². The first-order valence-corrected chi connectivity index (χ1v) is 10.8. The predicted molar refractivity (Wildman–Crippen MR) is 132 cm³/mol. The molecule has 0 aliphatic carbocycles. The molecule has 0 radical (unpaired) electrons. The first-order chi connectivity index (χ1) is 15.4. The number of benzene rings is 5. The van der Waals surface area contributed by atoms with Crippen LogP contribution in [0, 0.1) is 0 Å². The van der Waals surface area contributed by atoms with E-state index in [9.17, 15) is 0 Å². The molecule has 0 N–H and O–H groups in total. The molecule has 0 aliphatic rings. The molecular formula is C31H24. The van der Waals surface area contributed by atoms with Crippen molar-refractivity contribution in [1.29, 1.82) is 0 Å². The molecule has 0 heterocycles. The molecule has 0 nitrogen and oxygen atoms in total. The third kappa shape index (κ3) is 4.20. The fourth-order valence-corrected chi connectivity index (χ4v) is 4.21. The molecule has 0 bridgehead atoms. The Morgan fingerprint density at radius 1 is 0.355 bits per heavy atom. The zero-order chi connectivity index (χ0) is 20.9. The summed E-state index contributed by atoms with van der Waals surface area (Å²) in [7, 11) is 0. The molecule has 0 amide bonds. The van der Waals surface area contributed by atoms with Gasteiger partial charge in [0, 0.05) is 0 Å². The van der Waals surface area contributed by atoms with Crippen LogP contribution in [0.15, 0.2) is 133 Å². The standard InChI is InChI=1S/C31H24/c1-5-13-24(14-6-1)21-31-29(26-17-9-3-10-18-26)22-28(25-15-7-2-8-16-25)23-30(31)27-19-11-4-12-20-27/h1-20,22-23H,21H2. The second-order valence-electron chi connectivity index (χ2n) is 7.81. The van der Waals surface area contributed by atoms with E-state index in [4.69, 9.17) is 0 Å². The van der Waals surface area contributed by atoms with E-state index in [0.29, 0.717) is 0 Å². The van der Waals surface area contributed by atoms with Gasteiger partial charge < -0.3 is 0 Å². The van der Waals surface area contributed by atoms with Gasteiger partial charge in [0.15, 0.2) is 0 Å². The Labute approximate surface area is 184 Å². The van der Waals surface area contributed by atoms with Gasteiger partial charge in [-0.15, -0.1) is 0 Å². The lowest BCUT2D eigenvalue weighted by molar-refractivity contribution is 1.20. The highest BCUT2D eigenvalue weighted by Crippen LogP contribution is 2.38. The van der Waals surface area contributed by atoms with Gasteiger partial charge in [-0.25, -0.2) is 0 Å². The van der Waals surface area contributed by atoms with Crippen molar-refractivity contribution in [3.8, 4) is 33.4 Å². The summed E-state index contributed by atoms with van der Waals surface area (Å²) in [6.45, 7) is 0. The van der Waals surface area contributed by atoms with E-state index in [1.54, 1.807) is 0 Å². The number of rotatable bonds is 5. The zero-order valence-corrected chi connectivity index (χ0v) is 17.4. The Morgan fingerprint density at radius 3 is 1.19 bits per heavy atom. The minimum Gasteiger partial charge on any atom is -0.0622 e. The van der Waals surface area contributed by atoms with Crippen molar-refractivity contribution in [2.75, 3.05) is 0 Å². The molecule has 0 atom stereocenters. The summed E-state index contributed by atoms with van der Waals surface area (Å²) in [5.41, 5.74) is 10.3. The van der Waals surface area contributed by atoms with E-state index < -0.39 is 0 Å². The van der Waals surface area contributed by atoms with Gasteiger partial charge in [-0.05, 0) is 63.1 Å². The van der Waals surface area contributed by atoms with Crippen LogP contribution in [-0.4, -0.2) is 0 Å². The summed E-state index contributed by atoms with van der Waals surface area (Å²) in [6, 6.07) is 47.7. The van der Waals surface area contributed by atoms with E-state index in [2.05, 4.69) is 133 Å². The monoisotopic (exact) mass is 396 g/mol. The predicted octanol–water partition coefficient (Wildman–Crippen LogP) is 8.28. The Kier molecular flexibility index (Phi) is 5.45. The van der Waals surface area contributed by atoms with Crippen molar-refractivity contribution in [2.24, 2.45) is 0 Å². The van der Waals surface area contributed by atoms with Crippen molar-refractivity contribution in [2.45, 2.75) is 6.42 Å². The molecule has 148 valence electrons. The van der Waals surface area contributed by atoms with Crippen LogP contribution in [-0.2, 0) is 6.42 Å². The average Bonchev–Trinajstić information content (AvgIpc) is 2.86. The fourth-order valence-electron chi connectivity index (χ4n) is 4.21. The van der Waals surface area contributed by atoms with Crippen molar-refractivity contribution in [3.63, 3.8) is 0 Å². The van der Waals surface area contributed by atoms with Crippen LogP contribution in [0.1, 0.15) is 11.1 Å². The molecule has 5 aromatic carbocycles. The van der Waals surface area contributed by atoms with Crippen LogP contribution >= 0.6 is 0 Å². The van der Waals surface area contributed by atoms with Gasteiger partial charge in [-0.3, -0.25) is 0 Å². The number of hydrogen-bond acceptors (Lipinski definition) is 0. The molecule has 5 rings (SSSR count). The van der Waals surface area contributed by atoms with Crippen molar-refractivity contribution in [1.82, 2.24) is 0 Å². The SMILES string of the molecule is c1ccc(Cc2c(-c3ccccc3)cc(-c3ccccc3)cc2-c2ccccc2)cc1. The summed E-state index contributed by atoms with van der Waals surface area (Å²) in [4.78, 5) is 0. The van der Waals surface area contributed by atoms with Crippen LogP contribution in [0.3, 0.4) is 0 Å². The Morgan fingerprint density at radius 2 is 0.742 bits per heavy atom. The molecule has 0 saturated heterocycles. The van der Waals surface area contributed by atoms with E-state index in [0.717, 1.165) is 6.42 Å². The van der Waals surface area contributed by atoms with Gasteiger partial charge in [-0.2, -0.15) is 0 Å². The Balaban J connectivity index is 1.79.